The first kappa shape index (κ1) is 21.1. The summed E-state index contributed by atoms with van der Waals surface area (Å²) in [5, 5.41) is 3.02. The third-order valence-corrected chi connectivity index (χ3v) is 8.01. The third-order valence-electron chi connectivity index (χ3n) is 6.68. The van der Waals surface area contributed by atoms with Crippen LogP contribution in [0.25, 0.3) is 0 Å². The number of aryl methyl sites for hydroxylation is 1. The van der Waals surface area contributed by atoms with Gasteiger partial charge in [-0.15, -0.1) is 11.3 Å². The van der Waals surface area contributed by atoms with Crippen molar-refractivity contribution < 1.29 is 14.3 Å². The topological polar surface area (TPSA) is 50.8 Å². The van der Waals surface area contributed by atoms with E-state index < -0.39 is 5.60 Å². The van der Waals surface area contributed by atoms with Gasteiger partial charge in [0, 0.05) is 40.8 Å². The van der Waals surface area contributed by atoms with Gasteiger partial charge in [-0.2, -0.15) is 0 Å². The molecular weight excluding hydrogens is 384 g/mol. The second kappa shape index (κ2) is 7.86. The molecule has 2 aliphatic heterocycles. The number of thiophene rings is 1. The summed E-state index contributed by atoms with van der Waals surface area (Å²) >= 11 is 1.99. The number of hydrogen-bond donors (Lipinski definition) is 1. The zero-order chi connectivity index (χ0) is 20.8. The fraction of sp³-hybridized carbons (Fsp3) is 0.783. The number of piperidine rings is 1. The van der Waals surface area contributed by atoms with Crippen LogP contribution < -0.4 is 5.32 Å². The number of amides is 1. The van der Waals surface area contributed by atoms with Crippen LogP contribution >= 0.6 is 11.3 Å². The Morgan fingerprint density at radius 2 is 2.17 bits per heavy atom. The molecule has 4 rings (SSSR count). The first-order chi connectivity index (χ1) is 13.7. The molecule has 5 nitrogen and oxygen atoms in total. The monoisotopic (exact) mass is 420 g/mol. The number of alkyl carbamates (subject to hydrolysis) is 1. The van der Waals surface area contributed by atoms with Crippen LogP contribution in [0.2, 0.25) is 0 Å². The maximum absolute atomic E-state index is 12.0. The lowest BCUT2D eigenvalue weighted by Gasteiger charge is -2.53. The summed E-state index contributed by atoms with van der Waals surface area (Å²) in [5.41, 5.74) is 0.960. The van der Waals surface area contributed by atoms with Crippen molar-refractivity contribution in [1.29, 1.82) is 0 Å². The minimum Gasteiger partial charge on any atom is -0.444 e. The average Bonchev–Trinajstić information content (AvgIpc) is 3.02. The quantitative estimate of drug-likeness (QED) is 0.775. The zero-order valence-electron chi connectivity index (χ0n) is 18.5. The van der Waals surface area contributed by atoms with E-state index in [0.717, 1.165) is 51.7 Å². The maximum Gasteiger partial charge on any atom is 0.407 e. The first-order valence-electron chi connectivity index (χ1n) is 11.2. The molecule has 2 atom stereocenters. The number of likely N-dealkylation sites (tertiary alicyclic amines) is 1. The molecule has 2 fully saturated rings. The summed E-state index contributed by atoms with van der Waals surface area (Å²) in [6, 6.07) is 3.71. The van der Waals surface area contributed by atoms with E-state index in [0.29, 0.717) is 12.1 Å². The fourth-order valence-corrected chi connectivity index (χ4v) is 6.42. The van der Waals surface area contributed by atoms with Crippen molar-refractivity contribution in [2.75, 3.05) is 13.2 Å². The zero-order valence-corrected chi connectivity index (χ0v) is 19.4. The van der Waals surface area contributed by atoms with Gasteiger partial charge in [0.1, 0.15) is 5.60 Å². The molecular formula is C23H36N2O3S. The lowest BCUT2D eigenvalue weighted by molar-refractivity contribution is -0.123. The molecule has 1 saturated heterocycles. The Balaban J connectivity index is 1.33. The largest absolute Gasteiger partial charge is 0.444 e. The number of carbonyl (C=O) groups is 1. The molecule has 29 heavy (non-hydrogen) atoms. The summed E-state index contributed by atoms with van der Waals surface area (Å²) in [4.78, 5) is 17.7. The number of nitrogens with zero attached hydrogens (tertiary/aromatic N) is 1. The van der Waals surface area contributed by atoms with Gasteiger partial charge in [0.25, 0.3) is 0 Å². The molecule has 1 aliphatic carbocycles. The van der Waals surface area contributed by atoms with Crippen molar-refractivity contribution in [1.82, 2.24) is 10.2 Å². The molecule has 0 radical (unpaired) electrons. The smallest absolute Gasteiger partial charge is 0.407 e. The summed E-state index contributed by atoms with van der Waals surface area (Å²) in [5.74, 6) is 0. The summed E-state index contributed by atoms with van der Waals surface area (Å²) in [6.45, 7) is 12.2. The van der Waals surface area contributed by atoms with Gasteiger partial charge < -0.3 is 14.8 Å². The van der Waals surface area contributed by atoms with Gasteiger partial charge in [0.05, 0.1) is 12.2 Å². The highest BCUT2D eigenvalue weighted by molar-refractivity contribution is 7.12. The fourth-order valence-electron chi connectivity index (χ4n) is 5.24. The van der Waals surface area contributed by atoms with Gasteiger partial charge in [-0.3, -0.25) is 4.90 Å². The Hall–Kier alpha value is -1.11. The van der Waals surface area contributed by atoms with Gasteiger partial charge in [-0.1, -0.05) is 6.92 Å². The van der Waals surface area contributed by atoms with E-state index in [9.17, 15) is 4.79 Å². The highest BCUT2D eigenvalue weighted by atomic mass is 32.1. The van der Waals surface area contributed by atoms with Crippen molar-refractivity contribution in [3.05, 3.63) is 21.4 Å². The molecule has 1 aromatic rings. The highest BCUT2D eigenvalue weighted by Crippen LogP contribution is 2.47. The Bertz CT molecular complexity index is 750. The predicted octanol–water partition coefficient (Wildman–Crippen LogP) is 4.62. The molecule has 1 N–H and O–H groups in total. The van der Waals surface area contributed by atoms with Crippen molar-refractivity contribution in [2.45, 2.75) is 102 Å². The third kappa shape index (κ3) is 4.35. The van der Waals surface area contributed by atoms with Crippen LogP contribution in [0, 0.1) is 0 Å². The van der Waals surface area contributed by atoms with E-state index >= 15 is 0 Å². The normalized spacial score (nSPS) is 32.5. The molecule has 162 valence electrons. The van der Waals surface area contributed by atoms with Crippen LogP contribution in [-0.2, 0) is 27.9 Å². The SMILES string of the molecule is CCc1cc2c(s1)CCO[C@@]21CCN(C2CC(NC(=O)OC(C)(C)C)C2)[C@@H](C)C1. The van der Waals surface area contributed by atoms with Gasteiger partial charge >= 0.3 is 6.09 Å². The second-order valence-corrected chi connectivity index (χ2v) is 11.2. The molecule has 0 bridgehead atoms. The molecule has 1 amide bonds. The van der Waals surface area contributed by atoms with E-state index in [1.807, 2.05) is 32.1 Å². The predicted molar refractivity (Wildman–Crippen MR) is 117 cm³/mol. The Kier molecular flexibility index (Phi) is 5.73. The van der Waals surface area contributed by atoms with Gasteiger partial charge in [-0.25, -0.2) is 4.79 Å². The van der Waals surface area contributed by atoms with Crippen LogP contribution in [0.5, 0.6) is 0 Å². The van der Waals surface area contributed by atoms with Crippen LogP contribution in [0.4, 0.5) is 4.79 Å². The van der Waals surface area contributed by atoms with E-state index in [1.54, 1.807) is 4.88 Å². The minimum atomic E-state index is -0.443. The Morgan fingerprint density at radius 1 is 1.41 bits per heavy atom. The van der Waals surface area contributed by atoms with E-state index in [4.69, 9.17) is 9.47 Å². The molecule has 1 aromatic heterocycles. The Labute approximate surface area is 179 Å². The van der Waals surface area contributed by atoms with Crippen LogP contribution in [0.3, 0.4) is 0 Å². The van der Waals surface area contributed by atoms with E-state index in [-0.39, 0.29) is 17.7 Å². The lowest BCUT2D eigenvalue weighted by Crippen LogP contribution is -2.60. The Morgan fingerprint density at radius 3 is 2.83 bits per heavy atom. The van der Waals surface area contributed by atoms with Crippen molar-refractivity contribution >= 4 is 17.4 Å². The highest BCUT2D eigenvalue weighted by Gasteiger charge is 2.47. The molecule has 6 heteroatoms. The summed E-state index contributed by atoms with van der Waals surface area (Å²) in [7, 11) is 0. The van der Waals surface area contributed by atoms with E-state index in [2.05, 4.69) is 30.1 Å². The molecule has 0 aromatic carbocycles. The van der Waals surface area contributed by atoms with Gasteiger partial charge in [0.15, 0.2) is 0 Å². The van der Waals surface area contributed by atoms with Crippen molar-refractivity contribution in [3.8, 4) is 0 Å². The number of hydrogen-bond acceptors (Lipinski definition) is 5. The second-order valence-electron chi connectivity index (χ2n) is 10.0. The summed E-state index contributed by atoms with van der Waals surface area (Å²) < 4.78 is 11.9. The number of nitrogens with one attached hydrogen (secondary N) is 1. The molecule has 3 aliphatic rings. The summed E-state index contributed by atoms with van der Waals surface area (Å²) in [6.07, 6.45) is 6.07. The van der Waals surface area contributed by atoms with E-state index in [1.165, 1.54) is 10.4 Å². The maximum atomic E-state index is 12.0. The number of fused-ring (bicyclic) bond motifs is 2. The van der Waals surface area contributed by atoms with Gasteiger partial charge in [-0.05, 0) is 71.4 Å². The van der Waals surface area contributed by atoms with Crippen LogP contribution in [0.1, 0.15) is 75.6 Å². The van der Waals surface area contributed by atoms with Crippen molar-refractivity contribution in [3.63, 3.8) is 0 Å². The van der Waals surface area contributed by atoms with Crippen molar-refractivity contribution in [2.24, 2.45) is 0 Å². The number of ether oxygens (including phenoxy) is 2. The average molecular weight is 421 g/mol. The number of carbonyl (C=O) groups excluding carboxylic acids is 1. The van der Waals surface area contributed by atoms with Crippen LogP contribution in [0.15, 0.2) is 6.07 Å². The minimum absolute atomic E-state index is 0.0780. The molecule has 1 saturated carbocycles. The standard InChI is InChI=1S/C23H36N2O3S/c1-6-18-13-19-20(29-18)7-10-27-23(19)8-9-25(15(2)14-23)17-11-16(12-17)24-21(26)28-22(3,4)5/h13,15-17H,6-12,14H2,1-5H3,(H,24,26)/t15-,16?,17?,23+/m0/s1. The lowest BCUT2D eigenvalue weighted by atomic mass is 9.76. The number of rotatable bonds is 3. The molecule has 0 unspecified atom stereocenters. The molecule has 3 heterocycles. The first-order valence-corrected chi connectivity index (χ1v) is 12.0. The molecule has 1 spiro atoms. The van der Waals surface area contributed by atoms with Crippen LogP contribution in [-0.4, -0.2) is 47.9 Å². The van der Waals surface area contributed by atoms with Gasteiger partial charge in [0.2, 0.25) is 0 Å².